The minimum atomic E-state index is 0.260. The zero-order valence-corrected chi connectivity index (χ0v) is 17.8. The Kier molecular flexibility index (Phi) is 8.17. The summed E-state index contributed by atoms with van der Waals surface area (Å²) in [6, 6.07) is 0.465. The largest absolute Gasteiger partial charge is 0.368 e. The molecule has 2 aliphatic carbocycles. The first-order valence-corrected chi connectivity index (χ1v) is 12.2. The Morgan fingerprint density at radius 3 is 2.31 bits per heavy atom. The van der Waals surface area contributed by atoms with Crippen LogP contribution in [0.3, 0.4) is 0 Å². The van der Waals surface area contributed by atoms with Crippen LogP contribution in [0.1, 0.15) is 90.9 Å². The van der Waals surface area contributed by atoms with Crippen molar-refractivity contribution in [2.24, 2.45) is 5.92 Å². The second-order valence-electron chi connectivity index (χ2n) is 8.90. The van der Waals surface area contributed by atoms with Crippen molar-refractivity contribution in [3.8, 4) is 0 Å². The number of hydrogen-bond acceptors (Lipinski definition) is 3. The van der Waals surface area contributed by atoms with Gasteiger partial charge in [0.15, 0.2) is 0 Å². The SMILES string of the molecule is CCC1CCC(CN(C(=O)COC2CCC(C)CC2)C2CCCCC2)S1. The Hall–Kier alpha value is -0.220. The number of carbonyl (C=O) groups excluding carboxylic acids is 1. The lowest BCUT2D eigenvalue weighted by Crippen LogP contribution is -2.46. The molecule has 150 valence electrons. The molecule has 0 aromatic carbocycles. The van der Waals surface area contributed by atoms with Gasteiger partial charge in [-0.25, -0.2) is 0 Å². The average Bonchev–Trinajstić information content (AvgIpc) is 3.14. The zero-order valence-electron chi connectivity index (χ0n) is 17.0. The molecular weight excluding hydrogens is 342 g/mol. The van der Waals surface area contributed by atoms with Gasteiger partial charge in [0.25, 0.3) is 0 Å². The van der Waals surface area contributed by atoms with E-state index >= 15 is 0 Å². The molecule has 2 saturated carbocycles. The smallest absolute Gasteiger partial charge is 0.248 e. The molecule has 3 fully saturated rings. The van der Waals surface area contributed by atoms with E-state index in [4.69, 9.17) is 4.74 Å². The Morgan fingerprint density at radius 2 is 1.65 bits per heavy atom. The molecule has 2 atom stereocenters. The minimum absolute atomic E-state index is 0.260. The molecule has 3 rings (SSSR count). The number of rotatable bonds is 7. The lowest BCUT2D eigenvalue weighted by Gasteiger charge is -2.36. The summed E-state index contributed by atoms with van der Waals surface area (Å²) < 4.78 is 6.07. The van der Waals surface area contributed by atoms with Crippen molar-refractivity contribution in [2.75, 3.05) is 13.2 Å². The summed E-state index contributed by atoms with van der Waals surface area (Å²) >= 11 is 2.13. The third-order valence-corrected chi connectivity index (χ3v) is 8.52. The minimum Gasteiger partial charge on any atom is -0.368 e. The first-order chi connectivity index (χ1) is 12.7. The monoisotopic (exact) mass is 381 g/mol. The highest BCUT2D eigenvalue weighted by molar-refractivity contribution is 8.00. The molecule has 1 saturated heterocycles. The fraction of sp³-hybridized carbons (Fsp3) is 0.955. The maximum absolute atomic E-state index is 13.1. The van der Waals surface area contributed by atoms with Crippen LogP contribution in [0.4, 0.5) is 0 Å². The van der Waals surface area contributed by atoms with Crippen molar-refractivity contribution in [1.82, 2.24) is 4.90 Å². The number of amides is 1. The first-order valence-electron chi connectivity index (χ1n) is 11.2. The third kappa shape index (κ3) is 5.89. The van der Waals surface area contributed by atoms with Crippen molar-refractivity contribution < 1.29 is 9.53 Å². The molecule has 26 heavy (non-hydrogen) atoms. The van der Waals surface area contributed by atoms with Crippen molar-refractivity contribution in [2.45, 2.75) is 114 Å². The first kappa shape index (κ1) is 20.5. The fourth-order valence-electron chi connectivity index (χ4n) is 4.95. The van der Waals surface area contributed by atoms with Crippen LogP contribution in [0.25, 0.3) is 0 Å². The predicted molar refractivity (Wildman–Crippen MR) is 111 cm³/mol. The van der Waals surface area contributed by atoms with Gasteiger partial charge in [-0.05, 0) is 63.7 Å². The van der Waals surface area contributed by atoms with E-state index in [9.17, 15) is 4.79 Å². The summed E-state index contributed by atoms with van der Waals surface area (Å²) in [5.41, 5.74) is 0. The summed E-state index contributed by atoms with van der Waals surface area (Å²) in [5.74, 6) is 1.09. The molecule has 3 aliphatic rings. The van der Waals surface area contributed by atoms with Gasteiger partial charge in [-0.2, -0.15) is 11.8 Å². The van der Waals surface area contributed by atoms with Gasteiger partial charge in [-0.1, -0.05) is 33.1 Å². The molecule has 0 spiro atoms. The maximum atomic E-state index is 13.1. The van der Waals surface area contributed by atoms with E-state index in [0.717, 1.165) is 30.6 Å². The summed E-state index contributed by atoms with van der Waals surface area (Å²) in [5, 5.41) is 1.45. The molecule has 1 heterocycles. The quantitative estimate of drug-likeness (QED) is 0.590. The van der Waals surface area contributed by atoms with Crippen LogP contribution >= 0.6 is 11.8 Å². The normalized spacial score (nSPS) is 33.3. The van der Waals surface area contributed by atoms with E-state index in [1.165, 1.54) is 64.2 Å². The van der Waals surface area contributed by atoms with Crippen molar-refractivity contribution >= 4 is 17.7 Å². The summed E-state index contributed by atoms with van der Waals surface area (Å²) in [4.78, 5) is 15.3. The van der Waals surface area contributed by atoms with E-state index in [2.05, 4.69) is 30.5 Å². The lowest BCUT2D eigenvalue weighted by atomic mass is 9.89. The number of thioether (sulfide) groups is 1. The van der Waals surface area contributed by atoms with E-state index in [0.29, 0.717) is 24.0 Å². The van der Waals surface area contributed by atoms with Crippen LogP contribution in [-0.2, 0) is 9.53 Å². The van der Waals surface area contributed by atoms with E-state index in [1.807, 2.05) is 0 Å². The highest BCUT2D eigenvalue weighted by Gasteiger charge is 2.32. The summed E-state index contributed by atoms with van der Waals surface area (Å²) in [6.07, 6.45) is 15.3. The number of ether oxygens (including phenoxy) is 1. The van der Waals surface area contributed by atoms with Crippen LogP contribution in [0.15, 0.2) is 0 Å². The average molecular weight is 382 g/mol. The molecule has 0 radical (unpaired) electrons. The molecule has 0 aromatic heterocycles. The van der Waals surface area contributed by atoms with Crippen LogP contribution in [0, 0.1) is 5.92 Å². The predicted octanol–water partition coefficient (Wildman–Crippen LogP) is 5.42. The van der Waals surface area contributed by atoms with Crippen LogP contribution in [-0.4, -0.2) is 46.6 Å². The Bertz CT molecular complexity index is 430. The van der Waals surface area contributed by atoms with E-state index in [1.54, 1.807) is 0 Å². The van der Waals surface area contributed by atoms with Gasteiger partial charge < -0.3 is 9.64 Å². The van der Waals surface area contributed by atoms with Crippen LogP contribution in [0.2, 0.25) is 0 Å². The molecule has 1 aliphatic heterocycles. The molecule has 3 nitrogen and oxygen atoms in total. The van der Waals surface area contributed by atoms with Crippen LogP contribution < -0.4 is 0 Å². The molecule has 0 N–H and O–H groups in total. The molecular formula is C22H39NO2S. The van der Waals surface area contributed by atoms with Crippen LogP contribution in [0.5, 0.6) is 0 Å². The van der Waals surface area contributed by atoms with Crippen molar-refractivity contribution in [3.05, 3.63) is 0 Å². The van der Waals surface area contributed by atoms with Gasteiger partial charge in [0, 0.05) is 23.1 Å². The topological polar surface area (TPSA) is 29.5 Å². The van der Waals surface area contributed by atoms with Gasteiger partial charge in [0.05, 0.1) is 6.10 Å². The van der Waals surface area contributed by atoms with E-state index < -0.39 is 0 Å². The number of carbonyl (C=O) groups is 1. The Labute approximate surface area is 165 Å². The number of nitrogens with zero attached hydrogens (tertiary/aromatic N) is 1. The van der Waals surface area contributed by atoms with Gasteiger partial charge in [-0.15, -0.1) is 0 Å². The Morgan fingerprint density at radius 1 is 0.962 bits per heavy atom. The second-order valence-corrected chi connectivity index (χ2v) is 10.5. The molecule has 0 aromatic rings. The maximum Gasteiger partial charge on any atom is 0.248 e. The third-order valence-electron chi connectivity index (χ3n) is 6.79. The highest BCUT2D eigenvalue weighted by Crippen LogP contribution is 2.37. The van der Waals surface area contributed by atoms with Crippen molar-refractivity contribution in [1.29, 1.82) is 0 Å². The molecule has 4 heteroatoms. The van der Waals surface area contributed by atoms with Gasteiger partial charge in [0.1, 0.15) is 6.61 Å². The fourth-order valence-corrected chi connectivity index (χ4v) is 6.48. The number of hydrogen-bond donors (Lipinski definition) is 0. The van der Waals surface area contributed by atoms with Gasteiger partial charge in [-0.3, -0.25) is 4.79 Å². The standard InChI is InChI=1S/C22H39NO2S/c1-3-20-13-14-21(26-20)15-23(18-7-5-4-6-8-18)22(24)16-25-19-11-9-17(2)10-12-19/h17-21H,3-16H2,1-2H3. The summed E-state index contributed by atoms with van der Waals surface area (Å²) in [6.45, 7) is 5.89. The molecule has 1 amide bonds. The zero-order chi connectivity index (χ0) is 18.4. The molecule has 2 unspecified atom stereocenters. The van der Waals surface area contributed by atoms with E-state index in [-0.39, 0.29) is 5.91 Å². The lowest BCUT2D eigenvalue weighted by molar-refractivity contribution is -0.142. The summed E-state index contributed by atoms with van der Waals surface area (Å²) in [7, 11) is 0. The highest BCUT2D eigenvalue weighted by atomic mass is 32.2. The second kappa shape index (κ2) is 10.4. The molecule has 0 bridgehead atoms. The van der Waals surface area contributed by atoms with Crippen molar-refractivity contribution in [3.63, 3.8) is 0 Å². The van der Waals surface area contributed by atoms with Gasteiger partial charge in [0.2, 0.25) is 5.91 Å². The Balaban J connectivity index is 1.52. The van der Waals surface area contributed by atoms with Gasteiger partial charge >= 0.3 is 0 Å².